The number of allylic oxidation sites excluding steroid dienone is 2. The van der Waals surface area contributed by atoms with Gasteiger partial charge in [0.2, 0.25) is 0 Å². The Morgan fingerprint density at radius 2 is 2.00 bits per heavy atom. The van der Waals surface area contributed by atoms with Crippen molar-refractivity contribution in [2.45, 2.75) is 90.0 Å². The first-order valence-electron chi connectivity index (χ1n) is 11.6. The second-order valence-corrected chi connectivity index (χ2v) is 17.0. The van der Waals surface area contributed by atoms with Gasteiger partial charge in [0.05, 0.1) is 6.10 Å². The topological polar surface area (TPSA) is 26.3 Å². The molecule has 6 fully saturated rings. The Morgan fingerprint density at radius 1 is 1.25 bits per heavy atom. The number of fused-ring (bicyclic) bond motifs is 2. The van der Waals surface area contributed by atoms with E-state index in [0.29, 0.717) is 23.2 Å². The maximum absolute atomic E-state index is 12.3. The molecule has 2 spiro atoms. The van der Waals surface area contributed by atoms with E-state index in [1.807, 2.05) is 0 Å². The van der Waals surface area contributed by atoms with Crippen LogP contribution in [-0.4, -0.2) is 20.7 Å². The van der Waals surface area contributed by atoms with Crippen molar-refractivity contribution in [2.75, 3.05) is 0 Å². The SMILES string of the molecule is C=C1C[C@@]23CC[C@]45C(=CCCC4C=O)[C@@H]2CC1C[C@@H]3[C@H]5O[Si](C)(C)C(C)(C)C. The lowest BCUT2D eigenvalue weighted by Gasteiger charge is -2.74. The van der Waals surface area contributed by atoms with Crippen molar-refractivity contribution in [3.8, 4) is 0 Å². The zero-order chi connectivity index (χ0) is 20.1. The predicted molar refractivity (Wildman–Crippen MR) is 117 cm³/mol. The summed E-state index contributed by atoms with van der Waals surface area (Å²) in [6.07, 6.45) is 12.4. The quantitative estimate of drug-likeness (QED) is 0.317. The minimum atomic E-state index is -1.92. The molecule has 7 rings (SSSR count). The van der Waals surface area contributed by atoms with Gasteiger partial charge in [-0.25, -0.2) is 0 Å². The van der Waals surface area contributed by atoms with Gasteiger partial charge in [-0.05, 0) is 86.2 Å². The van der Waals surface area contributed by atoms with Crippen LogP contribution in [0.4, 0.5) is 0 Å². The van der Waals surface area contributed by atoms with Gasteiger partial charge in [-0.2, -0.15) is 0 Å². The third-order valence-corrected chi connectivity index (χ3v) is 14.8. The Bertz CT molecular complexity index is 759. The second kappa shape index (κ2) is 5.72. The number of hydrogen-bond donors (Lipinski definition) is 0. The molecule has 0 saturated heterocycles. The van der Waals surface area contributed by atoms with Crippen LogP contribution in [0.1, 0.15) is 65.7 Å². The van der Waals surface area contributed by atoms with Crippen LogP contribution in [0.25, 0.3) is 0 Å². The van der Waals surface area contributed by atoms with E-state index in [9.17, 15) is 4.79 Å². The number of aldehydes is 1. The van der Waals surface area contributed by atoms with Crippen molar-refractivity contribution in [3.63, 3.8) is 0 Å². The number of rotatable bonds is 3. The van der Waals surface area contributed by atoms with Gasteiger partial charge in [0.25, 0.3) is 0 Å². The molecule has 2 nitrogen and oxygen atoms in total. The van der Waals surface area contributed by atoms with Gasteiger partial charge in [0.1, 0.15) is 6.29 Å². The van der Waals surface area contributed by atoms with Crippen LogP contribution < -0.4 is 0 Å². The van der Waals surface area contributed by atoms with E-state index in [1.165, 1.54) is 37.5 Å². The van der Waals surface area contributed by atoms with Crippen LogP contribution in [0.15, 0.2) is 23.8 Å². The summed E-state index contributed by atoms with van der Waals surface area (Å²) in [6, 6.07) is 0. The van der Waals surface area contributed by atoms with Gasteiger partial charge in [-0.1, -0.05) is 44.6 Å². The largest absolute Gasteiger partial charge is 0.413 e. The standard InChI is InChI=1S/C25H38O2Si/c1-16-14-24-10-11-25-18(15-26)8-7-9-19(25)20(24)12-17(16)13-21(24)22(25)27-28(5,6)23(2,3)4/h9,15,17-18,20-22H,1,7-8,10-14H2,2-6H3/t17?,18?,20-,21+,22+,24-,25+/m0/s1. The Labute approximate surface area is 172 Å². The predicted octanol–water partition coefficient (Wildman–Crippen LogP) is 6.29. The third-order valence-electron chi connectivity index (χ3n) is 10.3. The fourth-order valence-electron chi connectivity index (χ4n) is 7.94. The molecule has 0 N–H and O–H groups in total. The summed E-state index contributed by atoms with van der Waals surface area (Å²) in [7, 11) is -1.92. The molecule has 28 heavy (non-hydrogen) atoms. The van der Waals surface area contributed by atoms with Gasteiger partial charge in [0.15, 0.2) is 8.32 Å². The molecule has 7 aliphatic rings. The van der Waals surface area contributed by atoms with E-state index < -0.39 is 8.32 Å². The molecular formula is C25H38O2Si. The zero-order valence-corrected chi connectivity index (χ0v) is 19.5. The summed E-state index contributed by atoms with van der Waals surface area (Å²) in [5, 5.41) is 0.198. The van der Waals surface area contributed by atoms with Crippen LogP contribution in [0.5, 0.6) is 0 Å². The monoisotopic (exact) mass is 398 g/mol. The van der Waals surface area contributed by atoms with Crippen molar-refractivity contribution in [3.05, 3.63) is 23.8 Å². The Hall–Kier alpha value is -0.673. The lowest BCUT2D eigenvalue weighted by Crippen LogP contribution is -2.71. The van der Waals surface area contributed by atoms with E-state index in [2.05, 4.69) is 46.5 Å². The highest BCUT2D eigenvalue weighted by molar-refractivity contribution is 6.74. The van der Waals surface area contributed by atoms with Crippen molar-refractivity contribution in [1.82, 2.24) is 0 Å². The van der Waals surface area contributed by atoms with E-state index in [1.54, 1.807) is 5.57 Å². The van der Waals surface area contributed by atoms with Crippen LogP contribution in [0, 0.1) is 34.5 Å². The highest BCUT2D eigenvalue weighted by atomic mass is 28.4. The molecular weight excluding hydrogens is 360 g/mol. The van der Waals surface area contributed by atoms with Gasteiger partial charge >= 0.3 is 0 Å². The smallest absolute Gasteiger partial charge is 0.192 e. The summed E-state index contributed by atoms with van der Waals surface area (Å²) < 4.78 is 7.35. The van der Waals surface area contributed by atoms with E-state index in [4.69, 9.17) is 4.43 Å². The summed E-state index contributed by atoms with van der Waals surface area (Å²) in [5.74, 6) is 2.15. The minimum Gasteiger partial charge on any atom is -0.413 e. The fraction of sp³-hybridized carbons (Fsp3) is 0.800. The van der Waals surface area contributed by atoms with Gasteiger partial charge in [0, 0.05) is 11.3 Å². The van der Waals surface area contributed by atoms with E-state index in [0.717, 1.165) is 19.3 Å². The van der Waals surface area contributed by atoms with Crippen LogP contribution in [0.3, 0.4) is 0 Å². The lowest BCUT2D eigenvalue weighted by atomic mass is 9.32. The molecule has 7 atom stereocenters. The number of hydrogen-bond acceptors (Lipinski definition) is 2. The van der Waals surface area contributed by atoms with Gasteiger partial charge < -0.3 is 9.22 Å². The molecule has 0 aromatic heterocycles. The lowest BCUT2D eigenvalue weighted by molar-refractivity contribution is -0.210. The fourth-order valence-corrected chi connectivity index (χ4v) is 9.31. The summed E-state index contributed by atoms with van der Waals surface area (Å²) in [6.45, 7) is 16.4. The second-order valence-electron chi connectivity index (χ2n) is 12.2. The molecule has 2 unspecified atom stereocenters. The molecule has 0 aromatic rings. The molecule has 0 amide bonds. The van der Waals surface area contributed by atoms with Gasteiger partial charge in [-0.15, -0.1) is 0 Å². The van der Waals surface area contributed by atoms with Crippen LogP contribution >= 0.6 is 0 Å². The molecule has 0 aromatic carbocycles. The molecule has 5 bridgehead atoms. The normalized spacial score (nSPS) is 47.0. The average Bonchev–Trinajstić information content (AvgIpc) is 2.62. The van der Waals surface area contributed by atoms with E-state index >= 15 is 0 Å². The molecule has 0 radical (unpaired) electrons. The minimum absolute atomic E-state index is 0.00372. The van der Waals surface area contributed by atoms with Crippen molar-refractivity contribution < 1.29 is 9.22 Å². The third kappa shape index (κ3) is 2.16. The highest BCUT2D eigenvalue weighted by Crippen LogP contribution is 2.77. The zero-order valence-electron chi connectivity index (χ0n) is 18.5. The molecule has 7 aliphatic carbocycles. The van der Waals surface area contributed by atoms with Crippen LogP contribution in [0.2, 0.25) is 18.1 Å². The van der Waals surface area contributed by atoms with Crippen LogP contribution in [-0.2, 0) is 9.22 Å². The van der Waals surface area contributed by atoms with Crippen molar-refractivity contribution in [2.24, 2.45) is 34.5 Å². The first kappa shape index (κ1) is 19.3. The van der Waals surface area contributed by atoms with Crippen molar-refractivity contribution in [1.29, 1.82) is 0 Å². The first-order chi connectivity index (χ1) is 13.1. The molecule has 154 valence electrons. The Morgan fingerprint density at radius 3 is 2.68 bits per heavy atom. The summed E-state index contributed by atoms with van der Waals surface area (Å²) >= 11 is 0. The maximum atomic E-state index is 12.3. The highest BCUT2D eigenvalue weighted by Gasteiger charge is 2.73. The average molecular weight is 399 g/mol. The van der Waals surface area contributed by atoms with E-state index in [-0.39, 0.29) is 22.5 Å². The van der Waals surface area contributed by atoms with Crippen molar-refractivity contribution >= 4 is 14.6 Å². The maximum Gasteiger partial charge on any atom is 0.192 e. The molecule has 6 saturated carbocycles. The molecule has 3 heteroatoms. The summed E-state index contributed by atoms with van der Waals surface area (Å²) in [4.78, 5) is 12.3. The molecule has 0 aliphatic heterocycles. The summed E-state index contributed by atoms with van der Waals surface area (Å²) in [5.41, 5.74) is 3.53. The number of carbonyl (C=O) groups excluding carboxylic acids is 1. The van der Waals surface area contributed by atoms with Gasteiger partial charge in [-0.3, -0.25) is 0 Å². The Balaban J connectivity index is 1.67. The Kier molecular flexibility index (Phi) is 3.94. The first-order valence-corrected chi connectivity index (χ1v) is 14.5. The number of carbonyl (C=O) groups is 1. The molecule has 0 heterocycles.